The normalized spacial score (nSPS) is 13.4. The van der Waals surface area contributed by atoms with Crippen LogP contribution in [0.25, 0.3) is 0 Å². The van der Waals surface area contributed by atoms with E-state index in [1.54, 1.807) is 6.92 Å². The third-order valence-electron chi connectivity index (χ3n) is 2.97. The number of benzene rings is 1. The zero-order valence-electron chi connectivity index (χ0n) is 11.1. The fraction of sp³-hybridized carbons (Fsp3) is 0.385. The van der Waals surface area contributed by atoms with Crippen molar-refractivity contribution in [2.45, 2.75) is 26.3 Å². The van der Waals surface area contributed by atoms with E-state index < -0.39 is 23.9 Å². The number of para-hydroxylation sites is 1. The molecule has 0 saturated carbocycles. The third-order valence-corrected chi connectivity index (χ3v) is 3.28. The number of halogens is 2. The monoisotopic (exact) mass is 302 g/mol. The van der Waals surface area contributed by atoms with Crippen molar-refractivity contribution < 1.29 is 19.1 Å². The highest BCUT2D eigenvalue weighted by atomic mass is 35.5. The Bertz CT molecular complexity index is 490. The molecule has 0 aromatic heterocycles. The van der Waals surface area contributed by atoms with Gasteiger partial charge >= 0.3 is 12.0 Å². The summed E-state index contributed by atoms with van der Waals surface area (Å²) in [5, 5.41) is 13.6. The molecule has 1 aromatic rings. The number of carboxylic acid groups (broad SMARTS) is 1. The van der Waals surface area contributed by atoms with Crippen LogP contribution >= 0.6 is 11.6 Å². The zero-order valence-corrected chi connectivity index (χ0v) is 11.9. The molecular weight excluding hydrogens is 287 g/mol. The molecule has 7 heteroatoms. The van der Waals surface area contributed by atoms with Crippen LogP contribution in [0.3, 0.4) is 0 Å². The Hall–Kier alpha value is -1.82. The number of carbonyl (C=O) groups is 2. The Morgan fingerprint density at radius 3 is 2.60 bits per heavy atom. The average molecular weight is 303 g/mol. The van der Waals surface area contributed by atoms with Crippen molar-refractivity contribution in [2.75, 3.05) is 5.32 Å². The van der Waals surface area contributed by atoms with Crippen molar-refractivity contribution in [3.8, 4) is 0 Å². The highest BCUT2D eigenvalue weighted by molar-refractivity contribution is 6.33. The number of rotatable bonds is 5. The molecule has 0 heterocycles. The van der Waals surface area contributed by atoms with Gasteiger partial charge in [0.2, 0.25) is 0 Å². The molecular formula is C13H16ClFN2O3. The van der Waals surface area contributed by atoms with E-state index in [4.69, 9.17) is 16.7 Å². The quantitative estimate of drug-likeness (QED) is 0.782. The van der Waals surface area contributed by atoms with Gasteiger partial charge in [0.15, 0.2) is 0 Å². The average Bonchev–Trinajstić information content (AvgIpc) is 2.39. The maximum atomic E-state index is 13.5. The lowest BCUT2D eigenvalue weighted by Gasteiger charge is -2.20. The Morgan fingerprint density at radius 2 is 2.10 bits per heavy atom. The first kappa shape index (κ1) is 16.2. The molecule has 1 aromatic carbocycles. The van der Waals surface area contributed by atoms with E-state index >= 15 is 0 Å². The number of urea groups is 1. The summed E-state index contributed by atoms with van der Waals surface area (Å²) in [4.78, 5) is 22.8. The summed E-state index contributed by atoms with van der Waals surface area (Å²) in [6, 6.07) is 2.10. The van der Waals surface area contributed by atoms with Gasteiger partial charge in [-0.2, -0.15) is 0 Å². The van der Waals surface area contributed by atoms with Gasteiger partial charge in [0.05, 0.1) is 10.7 Å². The van der Waals surface area contributed by atoms with Gasteiger partial charge in [0, 0.05) is 0 Å². The van der Waals surface area contributed by atoms with Gasteiger partial charge in [-0.3, -0.25) is 0 Å². The number of carbonyl (C=O) groups excluding carboxylic acids is 1. The summed E-state index contributed by atoms with van der Waals surface area (Å²) in [6.07, 6.45) is 0.581. The van der Waals surface area contributed by atoms with Crippen molar-refractivity contribution in [1.29, 1.82) is 0 Å². The maximum absolute atomic E-state index is 13.5. The van der Waals surface area contributed by atoms with E-state index in [0.717, 1.165) is 6.07 Å². The SMILES string of the molecule is CCC(C)[C@H](NC(=O)Nc1c(F)cccc1Cl)C(=O)O. The van der Waals surface area contributed by atoms with Gasteiger partial charge in [-0.1, -0.05) is 37.9 Å². The van der Waals surface area contributed by atoms with E-state index in [0.29, 0.717) is 6.42 Å². The van der Waals surface area contributed by atoms with Crippen molar-refractivity contribution >= 4 is 29.3 Å². The summed E-state index contributed by atoms with van der Waals surface area (Å²) in [5.41, 5.74) is -0.181. The molecule has 0 aliphatic carbocycles. The summed E-state index contributed by atoms with van der Waals surface area (Å²) < 4.78 is 13.5. The summed E-state index contributed by atoms with van der Waals surface area (Å²) in [5.74, 6) is -2.09. The number of aliphatic carboxylic acids is 1. The minimum Gasteiger partial charge on any atom is -0.480 e. The van der Waals surface area contributed by atoms with E-state index in [9.17, 15) is 14.0 Å². The topological polar surface area (TPSA) is 78.4 Å². The van der Waals surface area contributed by atoms with Gasteiger partial charge in [-0.15, -0.1) is 0 Å². The minimum absolute atomic E-state index is 0.0376. The lowest BCUT2D eigenvalue weighted by molar-refractivity contribution is -0.140. The molecule has 20 heavy (non-hydrogen) atoms. The molecule has 0 saturated heterocycles. The van der Waals surface area contributed by atoms with Crippen LogP contribution in [-0.4, -0.2) is 23.1 Å². The molecule has 5 nitrogen and oxygen atoms in total. The second-order valence-corrected chi connectivity index (χ2v) is 4.80. The molecule has 2 amide bonds. The molecule has 1 unspecified atom stereocenters. The van der Waals surface area contributed by atoms with Crippen LogP contribution in [0.1, 0.15) is 20.3 Å². The second kappa shape index (κ2) is 7.09. The first-order chi connectivity index (χ1) is 9.36. The second-order valence-electron chi connectivity index (χ2n) is 4.40. The molecule has 2 atom stereocenters. The molecule has 1 rings (SSSR count). The van der Waals surface area contributed by atoms with Crippen LogP contribution in [0.4, 0.5) is 14.9 Å². The van der Waals surface area contributed by atoms with Gasteiger partial charge in [-0.05, 0) is 18.1 Å². The Labute approximate surface area is 121 Å². The van der Waals surface area contributed by atoms with E-state index in [1.807, 2.05) is 6.92 Å². The Balaban J connectivity index is 2.79. The van der Waals surface area contributed by atoms with Crippen LogP contribution < -0.4 is 10.6 Å². The predicted octanol–water partition coefficient (Wildman–Crippen LogP) is 3.10. The maximum Gasteiger partial charge on any atom is 0.326 e. The summed E-state index contributed by atoms with van der Waals surface area (Å²) in [7, 11) is 0. The predicted molar refractivity (Wildman–Crippen MR) is 74.4 cm³/mol. The number of hydrogen-bond acceptors (Lipinski definition) is 2. The molecule has 0 bridgehead atoms. The minimum atomic E-state index is -1.14. The molecule has 0 radical (unpaired) electrons. The smallest absolute Gasteiger partial charge is 0.326 e. The summed E-state index contributed by atoms with van der Waals surface area (Å²) in [6.45, 7) is 3.52. The lowest BCUT2D eigenvalue weighted by atomic mass is 9.99. The third kappa shape index (κ3) is 4.09. The van der Waals surface area contributed by atoms with Gasteiger partial charge in [-0.25, -0.2) is 14.0 Å². The Kier molecular flexibility index (Phi) is 5.76. The van der Waals surface area contributed by atoms with E-state index in [-0.39, 0.29) is 16.6 Å². The van der Waals surface area contributed by atoms with Crippen molar-refractivity contribution in [3.63, 3.8) is 0 Å². The molecule has 0 aliphatic rings. The largest absolute Gasteiger partial charge is 0.480 e. The van der Waals surface area contributed by atoms with Crippen LogP contribution in [0.5, 0.6) is 0 Å². The fourth-order valence-electron chi connectivity index (χ4n) is 1.59. The van der Waals surface area contributed by atoms with E-state index in [2.05, 4.69) is 10.6 Å². The number of amides is 2. The fourth-order valence-corrected chi connectivity index (χ4v) is 1.80. The van der Waals surface area contributed by atoms with Gasteiger partial charge in [0.25, 0.3) is 0 Å². The number of hydrogen-bond donors (Lipinski definition) is 3. The Morgan fingerprint density at radius 1 is 1.45 bits per heavy atom. The first-order valence-electron chi connectivity index (χ1n) is 6.11. The van der Waals surface area contributed by atoms with Crippen molar-refractivity contribution in [2.24, 2.45) is 5.92 Å². The number of carboxylic acids is 1. The van der Waals surface area contributed by atoms with Crippen LogP contribution in [0.15, 0.2) is 18.2 Å². The first-order valence-corrected chi connectivity index (χ1v) is 6.49. The number of anilines is 1. The summed E-state index contributed by atoms with van der Waals surface area (Å²) >= 11 is 5.76. The van der Waals surface area contributed by atoms with Crippen molar-refractivity contribution in [3.05, 3.63) is 29.0 Å². The molecule has 0 fully saturated rings. The molecule has 0 aliphatic heterocycles. The zero-order chi connectivity index (χ0) is 15.3. The molecule has 3 N–H and O–H groups in total. The van der Waals surface area contributed by atoms with Crippen LogP contribution in [0.2, 0.25) is 5.02 Å². The molecule has 110 valence electrons. The highest BCUT2D eigenvalue weighted by Gasteiger charge is 2.25. The standard InChI is InChI=1S/C13H16ClFN2O3/c1-3-7(2)10(12(18)19)16-13(20)17-11-8(14)5-4-6-9(11)15/h4-7,10H,3H2,1-2H3,(H,18,19)(H2,16,17,20)/t7?,10-/m0/s1. The number of nitrogens with one attached hydrogen (secondary N) is 2. The van der Waals surface area contributed by atoms with E-state index in [1.165, 1.54) is 12.1 Å². The molecule has 0 spiro atoms. The van der Waals surface area contributed by atoms with Crippen LogP contribution in [0, 0.1) is 11.7 Å². The highest BCUT2D eigenvalue weighted by Crippen LogP contribution is 2.24. The van der Waals surface area contributed by atoms with Crippen LogP contribution in [-0.2, 0) is 4.79 Å². The van der Waals surface area contributed by atoms with Crippen molar-refractivity contribution in [1.82, 2.24) is 5.32 Å². The van der Waals surface area contributed by atoms with Gasteiger partial charge in [0.1, 0.15) is 11.9 Å². The lowest BCUT2D eigenvalue weighted by Crippen LogP contribution is -2.46. The van der Waals surface area contributed by atoms with Gasteiger partial charge < -0.3 is 15.7 Å².